The molecule has 0 bridgehead atoms. The maximum absolute atomic E-state index is 11.8. The molecule has 1 heterocycles. The molecule has 0 radical (unpaired) electrons. The molecule has 0 fully saturated rings. The summed E-state index contributed by atoms with van der Waals surface area (Å²) in [7, 11) is 0. The van der Waals surface area contributed by atoms with Gasteiger partial charge >= 0.3 is 0 Å². The first-order chi connectivity index (χ1) is 7.22. The van der Waals surface area contributed by atoms with Gasteiger partial charge in [-0.2, -0.15) is 0 Å². The molecule has 0 aliphatic heterocycles. The monoisotopic (exact) mass is 204 g/mol. The maximum Gasteiger partial charge on any atom is 0.268 e. The predicted molar refractivity (Wildman–Crippen MR) is 60.5 cm³/mol. The van der Waals surface area contributed by atoms with Gasteiger partial charge in [0, 0.05) is 12.7 Å². The normalized spacial score (nSPS) is 11.8. The zero-order valence-corrected chi connectivity index (χ0v) is 9.16. The molecule has 15 heavy (non-hydrogen) atoms. The lowest BCUT2D eigenvalue weighted by Crippen LogP contribution is -2.34. The summed E-state index contributed by atoms with van der Waals surface area (Å²) in [6, 6.07) is 3.47. The van der Waals surface area contributed by atoms with E-state index in [0.29, 0.717) is 5.69 Å². The minimum Gasteiger partial charge on any atom is -0.344 e. The SMILES string of the molecule is C#CC(CC)NC(=O)c1cccn1CC. The van der Waals surface area contributed by atoms with Gasteiger partial charge in [-0.05, 0) is 25.5 Å². The van der Waals surface area contributed by atoms with Crippen LogP contribution in [-0.2, 0) is 6.54 Å². The number of aromatic nitrogens is 1. The first-order valence-corrected chi connectivity index (χ1v) is 5.15. The lowest BCUT2D eigenvalue weighted by Gasteiger charge is -2.11. The lowest BCUT2D eigenvalue weighted by molar-refractivity contribution is 0.0936. The highest BCUT2D eigenvalue weighted by Gasteiger charge is 2.12. The van der Waals surface area contributed by atoms with E-state index in [2.05, 4.69) is 11.2 Å². The van der Waals surface area contributed by atoms with Crippen molar-refractivity contribution in [2.45, 2.75) is 32.9 Å². The molecule has 0 aliphatic rings. The van der Waals surface area contributed by atoms with Gasteiger partial charge in [-0.1, -0.05) is 12.8 Å². The number of hydrogen-bond donors (Lipinski definition) is 1. The van der Waals surface area contributed by atoms with Gasteiger partial charge in [0.05, 0.1) is 6.04 Å². The molecular weight excluding hydrogens is 188 g/mol. The zero-order chi connectivity index (χ0) is 11.3. The van der Waals surface area contributed by atoms with E-state index in [0.717, 1.165) is 13.0 Å². The first-order valence-electron chi connectivity index (χ1n) is 5.15. The Bertz CT molecular complexity index is 373. The molecule has 80 valence electrons. The Morgan fingerprint density at radius 3 is 2.93 bits per heavy atom. The van der Waals surface area contributed by atoms with Crippen LogP contribution in [0.5, 0.6) is 0 Å². The van der Waals surface area contributed by atoms with Gasteiger partial charge in [0.15, 0.2) is 0 Å². The number of carbonyl (C=O) groups is 1. The largest absolute Gasteiger partial charge is 0.344 e. The number of hydrogen-bond acceptors (Lipinski definition) is 1. The van der Waals surface area contributed by atoms with Crippen LogP contribution in [0.4, 0.5) is 0 Å². The van der Waals surface area contributed by atoms with Crippen molar-refractivity contribution >= 4 is 5.91 Å². The number of nitrogens with one attached hydrogen (secondary N) is 1. The summed E-state index contributed by atoms with van der Waals surface area (Å²) in [5, 5.41) is 2.80. The van der Waals surface area contributed by atoms with E-state index in [1.807, 2.05) is 30.7 Å². The minimum absolute atomic E-state index is 0.105. The molecule has 1 N–H and O–H groups in total. The standard InChI is InChI=1S/C12H16N2O/c1-4-10(5-2)13-12(15)11-8-7-9-14(11)6-3/h1,7-10H,5-6H2,2-3H3,(H,13,15). The van der Waals surface area contributed by atoms with Crippen molar-refractivity contribution in [3.05, 3.63) is 24.0 Å². The Balaban J connectivity index is 2.73. The average molecular weight is 204 g/mol. The quantitative estimate of drug-likeness (QED) is 0.743. The molecule has 0 aromatic carbocycles. The molecule has 3 heteroatoms. The van der Waals surface area contributed by atoms with Crippen LogP contribution < -0.4 is 5.32 Å². The Morgan fingerprint density at radius 2 is 2.40 bits per heavy atom. The maximum atomic E-state index is 11.8. The summed E-state index contributed by atoms with van der Waals surface area (Å²) in [6.07, 6.45) is 7.91. The van der Waals surface area contributed by atoms with Gasteiger partial charge in [-0.25, -0.2) is 0 Å². The zero-order valence-electron chi connectivity index (χ0n) is 9.16. The van der Waals surface area contributed by atoms with Gasteiger partial charge in [0.2, 0.25) is 0 Å². The number of rotatable bonds is 4. The van der Waals surface area contributed by atoms with E-state index in [-0.39, 0.29) is 11.9 Å². The molecule has 0 spiro atoms. The Morgan fingerprint density at radius 1 is 1.67 bits per heavy atom. The highest BCUT2D eigenvalue weighted by molar-refractivity contribution is 5.93. The van der Waals surface area contributed by atoms with Crippen molar-refractivity contribution in [1.82, 2.24) is 9.88 Å². The average Bonchev–Trinajstić information content (AvgIpc) is 2.73. The van der Waals surface area contributed by atoms with Crippen molar-refractivity contribution in [3.63, 3.8) is 0 Å². The van der Waals surface area contributed by atoms with Gasteiger partial charge in [0.1, 0.15) is 5.69 Å². The molecule has 1 unspecified atom stereocenters. The molecule has 0 aliphatic carbocycles. The van der Waals surface area contributed by atoms with Crippen LogP contribution in [0.2, 0.25) is 0 Å². The minimum atomic E-state index is -0.183. The first kappa shape index (κ1) is 11.4. The van der Waals surface area contributed by atoms with Crippen molar-refractivity contribution in [2.24, 2.45) is 0 Å². The van der Waals surface area contributed by atoms with Crippen LogP contribution >= 0.6 is 0 Å². The van der Waals surface area contributed by atoms with Crippen LogP contribution in [0.1, 0.15) is 30.8 Å². The van der Waals surface area contributed by atoms with Crippen molar-refractivity contribution in [2.75, 3.05) is 0 Å². The van der Waals surface area contributed by atoms with Crippen molar-refractivity contribution in [1.29, 1.82) is 0 Å². The third-order valence-corrected chi connectivity index (χ3v) is 2.32. The van der Waals surface area contributed by atoms with E-state index in [1.54, 1.807) is 6.07 Å². The Labute approximate surface area is 90.5 Å². The van der Waals surface area contributed by atoms with E-state index < -0.39 is 0 Å². The van der Waals surface area contributed by atoms with E-state index in [9.17, 15) is 4.79 Å². The molecular formula is C12H16N2O. The van der Waals surface area contributed by atoms with E-state index in [4.69, 9.17) is 6.42 Å². The van der Waals surface area contributed by atoms with E-state index >= 15 is 0 Å². The van der Waals surface area contributed by atoms with Gasteiger partial charge in [-0.15, -0.1) is 6.42 Å². The van der Waals surface area contributed by atoms with Crippen LogP contribution in [0.25, 0.3) is 0 Å². The third kappa shape index (κ3) is 2.63. The number of terminal acetylenes is 1. The second-order valence-electron chi connectivity index (χ2n) is 3.28. The topological polar surface area (TPSA) is 34.0 Å². The van der Waals surface area contributed by atoms with Crippen molar-refractivity contribution in [3.8, 4) is 12.3 Å². The number of aryl methyl sites for hydroxylation is 1. The fourth-order valence-corrected chi connectivity index (χ4v) is 1.39. The van der Waals surface area contributed by atoms with Crippen LogP contribution in [-0.4, -0.2) is 16.5 Å². The molecule has 1 aromatic rings. The smallest absolute Gasteiger partial charge is 0.268 e. The van der Waals surface area contributed by atoms with Crippen molar-refractivity contribution < 1.29 is 4.79 Å². The lowest BCUT2D eigenvalue weighted by atomic mass is 10.2. The highest BCUT2D eigenvalue weighted by Crippen LogP contribution is 2.03. The van der Waals surface area contributed by atoms with E-state index in [1.165, 1.54) is 0 Å². The molecule has 0 saturated heterocycles. The predicted octanol–water partition coefficient (Wildman–Crippen LogP) is 1.65. The summed E-state index contributed by atoms with van der Waals surface area (Å²) >= 11 is 0. The number of amides is 1. The molecule has 1 atom stereocenters. The van der Waals surface area contributed by atoms with Crippen LogP contribution in [0.15, 0.2) is 18.3 Å². The molecule has 0 saturated carbocycles. The summed E-state index contributed by atoms with van der Waals surface area (Å²) in [4.78, 5) is 11.8. The second-order valence-corrected chi connectivity index (χ2v) is 3.28. The summed E-state index contributed by atoms with van der Waals surface area (Å²) < 4.78 is 1.89. The number of nitrogens with zero attached hydrogens (tertiary/aromatic N) is 1. The van der Waals surface area contributed by atoms with Gasteiger partial charge in [0.25, 0.3) is 5.91 Å². The van der Waals surface area contributed by atoms with Crippen LogP contribution in [0.3, 0.4) is 0 Å². The molecule has 1 rings (SSSR count). The fraction of sp³-hybridized carbons (Fsp3) is 0.417. The number of carbonyl (C=O) groups excluding carboxylic acids is 1. The second kappa shape index (κ2) is 5.26. The fourth-order valence-electron chi connectivity index (χ4n) is 1.39. The molecule has 1 amide bonds. The molecule has 3 nitrogen and oxygen atoms in total. The Hall–Kier alpha value is -1.69. The van der Waals surface area contributed by atoms with Crippen LogP contribution in [0, 0.1) is 12.3 Å². The summed E-state index contributed by atoms with van der Waals surface area (Å²) in [6.45, 7) is 4.72. The Kier molecular flexibility index (Phi) is 3.99. The van der Waals surface area contributed by atoms with Gasteiger partial charge < -0.3 is 9.88 Å². The highest BCUT2D eigenvalue weighted by atomic mass is 16.2. The van der Waals surface area contributed by atoms with Gasteiger partial charge in [-0.3, -0.25) is 4.79 Å². The third-order valence-electron chi connectivity index (χ3n) is 2.32. The summed E-state index contributed by atoms with van der Waals surface area (Å²) in [5.41, 5.74) is 0.659. The molecule has 1 aromatic heterocycles. The summed E-state index contributed by atoms with van der Waals surface area (Å²) in [5.74, 6) is 2.44.